The third-order valence-electron chi connectivity index (χ3n) is 6.35. The minimum absolute atomic E-state index is 0.0871. The van der Waals surface area contributed by atoms with Gasteiger partial charge in [0.1, 0.15) is 21.8 Å². The van der Waals surface area contributed by atoms with Gasteiger partial charge >= 0.3 is 0 Å². The van der Waals surface area contributed by atoms with Crippen LogP contribution in [0.4, 0.5) is 5.82 Å². The number of carbonyl (C=O) groups excluding carboxylic acids is 1. The summed E-state index contributed by atoms with van der Waals surface area (Å²) in [4.78, 5) is 31.0. The lowest BCUT2D eigenvalue weighted by atomic mass is 9.91. The lowest BCUT2D eigenvalue weighted by Gasteiger charge is -2.39. The van der Waals surface area contributed by atoms with Crippen molar-refractivity contribution in [2.24, 2.45) is 11.8 Å². The Morgan fingerprint density at radius 2 is 1.82 bits per heavy atom. The molecule has 0 radical (unpaired) electrons. The fourth-order valence-corrected chi connectivity index (χ4v) is 6.18. The Kier molecular flexibility index (Phi) is 8.41. The maximum atomic E-state index is 13.3. The molecule has 0 saturated carbocycles. The lowest BCUT2D eigenvalue weighted by molar-refractivity contribution is -0.122. The Hall–Kier alpha value is -2.11. The molecule has 2 aliphatic heterocycles. The van der Waals surface area contributed by atoms with Crippen LogP contribution in [0, 0.1) is 30.1 Å². The Bertz CT molecular complexity index is 1060. The third kappa shape index (κ3) is 5.20. The van der Waals surface area contributed by atoms with E-state index in [0.29, 0.717) is 39.7 Å². The van der Waals surface area contributed by atoms with E-state index in [1.54, 1.807) is 9.47 Å². The third-order valence-corrected chi connectivity index (χ3v) is 7.72. The van der Waals surface area contributed by atoms with Crippen molar-refractivity contribution < 1.29 is 4.79 Å². The van der Waals surface area contributed by atoms with E-state index in [1.807, 2.05) is 19.9 Å². The smallest absolute Gasteiger partial charge is 0.270 e. The molecule has 2 fully saturated rings. The number of aromatic nitrogens is 1. The van der Waals surface area contributed by atoms with Crippen LogP contribution < -0.4 is 10.5 Å². The van der Waals surface area contributed by atoms with Crippen molar-refractivity contribution in [1.82, 2.24) is 9.47 Å². The van der Waals surface area contributed by atoms with Crippen molar-refractivity contribution in [3.05, 3.63) is 31.9 Å². The molecule has 178 valence electrons. The zero-order valence-electron chi connectivity index (χ0n) is 20.3. The molecule has 1 aromatic rings. The molecular formula is C25H34N4O2S2. The van der Waals surface area contributed by atoms with Gasteiger partial charge in [0.15, 0.2) is 0 Å². The van der Waals surface area contributed by atoms with Crippen molar-refractivity contribution in [1.29, 1.82) is 5.26 Å². The predicted octanol–water partition coefficient (Wildman–Crippen LogP) is 4.92. The maximum absolute atomic E-state index is 13.3. The number of thiocarbonyl (C=S) groups is 1. The van der Waals surface area contributed by atoms with E-state index in [9.17, 15) is 14.9 Å². The molecule has 0 spiro atoms. The summed E-state index contributed by atoms with van der Waals surface area (Å²) < 4.78 is 2.32. The Balaban J connectivity index is 2.22. The van der Waals surface area contributed by atoms with E-state index in [4.69, 9.17) is 12.2 Å². The van der Waals surface area contributed by atoms with Crippen LogP contribution in [-0.2, 0) is 11.3 Å². The first-order chi connectivity index (χ1) is 15.7. The maximum Gasteiger partial charge on any atom is 0.270 e. The summed E-state index contributed by atoms with van der Waals surface area (Å²) in [7, 11) is 0. The zero-order chi connectivity index (χ0) is 24.3. The highest BCUT2D eigenvalue weighted by molar-refractivity contribution is 8.26. The topological polar surface area (TPSA) is 69.3 Å². The van der Waals surface area contributed by atoms with Crippen molar-refractivity contribution in [3.8, 4) is 6.07 Å². The van der Waals surface area contributed by atoms with Gasteiger partial charge in [-0.25, -0.2) is 0 Å². The highest BCUT2D eigenvalue weighted by atomic mass is 32.2. The molecule has 3 heterocycles. The number of piperidine rings is 1. The fourth-order valence-electron chi connectivity index (χ4n) is 4.89. The summed E-state index contributed by atoms with van der Waals surface area (Å²) in [5.41, 5.74) is 1.33. The number of thioether (sulfide) groups is 1. The number of anilines is 1. The number of hydrogen-bond donors (Lipinski definition) is 0. The first-order valence-electron chi connectivity index (χ1n) is 11.9. The summed E-state index contributed by atoms with van der Waals surface area (Å²) in [5.74, 6) is 1.73. The van der Waals surface area contributed by atoms with E-state index in [-0.39, 0.29) is 17.0 Å². The monoisotopic (exact) mass is 486 g/mol. The number of nitrogens with zero attached hydrogens (tertiary/aromatic N) is 4. The van der Waals surface area contributed by atoms with E-state index < -0.39 is 0 Å². The van der Waals surface area contributed by atoms with Crippen LogP contribution in [0.5, 0.6) is 0 Å². The molecule has 0 aromatic carbocycles. The van der Waals surface area contributed by atoms with Crippen LogP contribution in [0.2, 0.25) is 0 Å². The standard InChI is InChI=1S/C25H34N4O2S2/c1-6-8-10-29-24(31)21(33-25(29)32)12-19-18(5)20(13-26)23(30)28(9-7-2)22(19)27-14-16(3)11-17(4)15-27/h12,16-17H,6-11,14-15H2,1-5H3. The molecule has 2 saturated heterocycles. The number of pyridine rings is 1. The van der Waals surface area contributed by atoms with Gasteiger partial charge in [-0.05, 0) is 49.7 Å². The molecule has 0 N–H and O–H groups in total. The van der Waals surface area contributed by atoms with Gasteiger partial charge in [-0.2, -0.15) is 5.26 Å². The SMILES string of the molecule is CCCCN1C(=O)C(=Cc2c(C)c(C#N)c(=O)n(CCC)c2N2CC(C)CC(C)C2)SC1=S. The van der Waals surface area contributed by atoms with Crippen LogP contribution in [0.1, 0.15) is 70.1 Å². The summed E-state index contributed by atoms with van der Waals surface area (Å²) in [6, 6.07) is 2.12. The molecule has 1 amide bonds. The van der Waals surface area contributed by atoms with Gasteiger partial charge in [0, 0.05) is 31.7 Å². The minimum atomic E-state index is -0.245. The highest BCUT2D eigenvalue weighted by Gasteiger charge is 2.33. The van der Waals surface area contributed by atoms with Gasteiger partial charge in [0.2, 0.25) is 0 Å². The van der Waals surface area contributed by atoms with Crippen LogP contribution in [-0.4, -0.2) is 39.3 Å². The molecule has 3 rings (SSSR count). The van der Waals surface area contributed by atoms with E-state index in [2.05, 4.69) is 31.7 Å². The van der Waals surface area contributed by atoms with Crippen LogP contribution in [0.25, 0.3) is 6.08 Å². The molecule has 6 nitrogen and oxygen atoms in total. The van der Waals surface area contributed by atoms with E-state index in [0.717, 1.165) is 50.2 Å². The van der Waals surface area contributed by atoms with Gasteiger partial charge in [-0.3, -0.25) is 19.1 Å². The molecule has 33 heavy (non-hydrogen) atoms. The first-order valence-corrected chi connectivity index (χ1v) is 13.1. The fraction of sp³-hybridized carbons (Fsp3) is 0.600. The van der Waals surface area contributed by atoms with Crippen molar-refractivity contribution in [3.63, 3.8) is 0 Å². The number of unbranched alkanes of at least 4 members (excludes halogenated alkanes) is 1. The zero-order valence-corrected chi connectivity index (χ0v) is 21.9. The van der Waals surface area contributed by atoms with E-state index >= 15 is 0 Å². The average molecular weight is 487 g/mol. The Morgan fingerprint density at radius 3 is 2.39 bits per heavy atom. The second-order valence-corrected chi connectivity index (χ2v) is 11.0. The highest BCUT2D eigenvalue weighted by Crippen LogP contribution is 2.37. The molecule has 2 atom stereocenters. The van der Waals surface area contributed by atoms with Gasteiger partial charge in [-0.15, -0.1) is 0 Å². The number of rotatable bonds is 7. The second kappa shape index (κ2) is 10.9. The minimum Gasteiger partial charge on any atom is -0.357 e. The lowest BCUT2D eigenvalue weighted by Crippen LogP contribution is -2.43. The van der Waals surface area contributed by atoms with Crippen molar-refractivity contribution >= 4 is 46.1 Å². The van der Waals surface area contributed by atoms with Crippen LogP contribution in [0.15, 0.2) is 9.70 Å². The summed E-state index contributed by atoms with van der Waals surface area (Å²) in [6.07, 6.45) is 5.67. The molecule has 2 aliphatic rings. The normalized spacial score (nSPS) is 22.4. The number of hydrogen-bond acceptors (Lipinski definition) is 6. The summed E-state index contributed by atoms with van der Waals surface area (Å²) in [6.45, 7) is 13.2. The van der Waals surface area contributed by atoms with Crippen molar-refractivity contribution in [2.75, 3.05) is 24.5 Å². The summed E-state index contributed by atoms with van der Waals surface area (Å²) >= 11 is 6.80. The molecule has 8 heteroatoms. The number of amides is 1. The van der Waals surface area contributed by atoms with E-state index in [1.165, 1.54) is 11.8 Å². The van der Waals surface area contributed by atoms with Crippen molar-refractivity contribution in [2.45, 2.75) is 66.8 Å². The largest absolute Gasteiger partial charge is 0.357 e. The molecule has 0 aliphatic carbocycles. The first kappa shape index (κ1) is 25.5. The quantitative estimate of drug-likeness (QED) is 0.402. The van der Waals surface area contributed by atoms with Gasteiger partial charge in [-0.1, -0.05) is 58.1 Å². The van der Waals surface area contributed by atoms with Crippen LogP contribution >= 0.6 is 24.0 Å². The Labute approximate surface area is 206 Å². The van der Waals surface area contributed by atoms with Crippen LogP contribution in [0.3, 0.4) is 0 Å². The molecule has 2 unspecified atom stereocenters. The number of nitriles is 1. The second-order valence-electron chi connectivity index (χ2n) is 9.34. The number of carbonyl (C=O) groups is 1. The van der Waals surface area contributed by atoms with Gasteiger partial charge in [0.25, 0.3) is 11.5 Å². The predicted molar refractivity (Wildman–Crippen MR) is 140 cm³/mol. The summed E-state index contributed by atoms with van der Waals surface area (Å²) in [5, 5.41) is 9.80. The molecule has 1 aromatic heterocycles. The molecule has 0 bridgehead atoms. The average Bonchev–Trinajstić information content (AvgIpc) is 3.02. The van der Waals surface area contributed by atoms with Gasteiger partial charge < -0.3 is 4.90 Å². The Morgan fingerprint density at radius 1 is 1.15 bits per heavy atom. The van der Waals surface area contributed by atoms with Gasteiger partial charge in [0.05, 0.1) is 4.91 Å². The molecular weight excluding hydrogens is 452 g/mol.